The number of rotatable bonds is 1. The van der Waals surface area contributed by atoms with Gasteiger partial charge in [0.2, 0.25) is 0 Å². The second-order valence-electron chi connectivity index (χ2n) is 7.52. The first-order valence-corrected chi connectivity index (χ1v) is 11.7. The average Bonchev–Trinajstić information content (AvgIpc) is 3.32. The molecule has 0 saturated carbocycles. The normalized spacial score (nSPS) is 12.0. The number of aromatic nitrogens is 3. The van der Waals surface area contributed by atoms with Crippen LogP contribution in [0.25, 0.3) is 58.1 Å². The molecule has 0 aliphatic heterocycles. The van der Waals surface area contributed by atoms with Crippen molar-refractivity contribution in [2.75, 3.05) is 0 Å². The Morgan fingerprint density at radius 1 is 0.600 bits per heavy atom. The first kappa shape index (κ1) is 16.3. The van der Waals surface area contributed by atoms with E-state index in [1.807, 2.05) is 24.3 Å². The summed E-state index contributed by atoms with van der Waals surface area (Å²) in [6.45, 7) is 0. The molecular formula is C26H15N3Se. The van der Waals surface area contributed by atoms with Gasteiger partial charge in [0.05, 0.1) is 0 Å². The molecule has 3 nitrogen and oxygen atoms in total. The van der Waals surface area contributed by atoms with E-state index in [0.29, 0.717) is 0 Å². The number of benzene rings is 4. The molecule has 3 aromatic heterocycles. The minimum absolute atomic E-state index is 0.163. The minimum atomic E-state index is 0.163. The van der Waals surface area contributed by atoms with Gasteiger partial charge in [-0.15, -0.1) is 0 Å². The average molecular weight is 448 g/mol. The molecule has 0 bridgehead atoms. The first-order chi connectivity index (χ1) is 14.9. The molecular weight excluding hydrogens is 433 g/mol. The van der Waals surface area contributed by atoms with Crippen molar-refractivity contribution in [1.82, 2.24) is 14.5 Å². The molecule has 7 aromatic rings. The third kappa shape index (κ3) is 2.20. The van der Waals surface area contributed by atoms with Crippen molar-refractivity contribution < 1.29 is 0 Å². The van der Waals surface area contributed by atoms with Gasteiger partial charge >= 0.3 is 178 Å². The SMILES string of the molecule is c1ccc2nc3c(nc2c1)[se]c1cc(-n2c4ccccc4c4ccccc42)ccc13. The molecule has 0 atom stereocenters. The van der Waals surface area contributed by atoms with Crippen LogP contribution in [0.5, 0.6) is 0 Å². The van der Waals surface area contributed by atoms with Gasteiger partial charge in [-0.05, 0) is 0 Å². The molecule has 7 rings (SSSR count). The summed E-state index contributed by atoms with van der Waals surface area (Å²) >= 11 is 0.163. The van der Waals surface area contributed by atoms with E-state index >= 15 is 0 Å². The summed E-state index contributed by atoms with van der Waals surface area (Å²) in [6, 6.07) is 32.2. The van der Waals surface area contributed by atoms with Gasteiger partial charge in [-0.2, -0.15) is 0 Å². The van der Waals surface area contributed by atoms with Crippen molar-refractivity contribution in [3.8, 4) is 5.69 Å². The zero-order valence-electron chi connectivity index (χ0n) is 15.9. The number of hydrogen-bond acceptors (Lipinski definition) is 2. The molecule has 0 unspecified atom stereocenters. The quantitative estimate of drug-likeness (QED) is 0.285. The van der Waals surface area contributed by atoms with Gasteiger partial charge in [0.15, 0.2) is 0 Å². The Bertz CT molecular complexity index is 1700. The van der Waals surface area contributed by atoms with Crippen LogP contribution in [0.15, 0.2) is 91.0 Å². The summed E-state index contributed by atoms with van der Waals surface area (Å²) in [6.07, 6.45) is 0. The Kier molecular flexibility index (Phi) is 3.28. The summed E-state index contributed by atoms with van der Waals surface area (Å²) in [4.78, 5) is 9.86. The second-order valence-corrected chi connectivity index (χ2v) is 9.68. The summed E-state index contributed by atoms with van der Waals surface area (Å²) in [5.74, 6) is 0. The topological polar surface area (TPSA) is 30.7 Å². The number of fused-ring (bicyclic) bond motifs is 7. The van der Waals surface area contributed by atoms with Gasteiger partial charge in [0.1, 0.15) is 0 Å². The Hall–Kier alpha value is -3.46. The van der Waals surface area contributed by atoms with Crippen LogP contribution in [0.1, 0.15) is 0 Å². The molecule has 0 aliphatic carbocycles. The van der Waals surface area contributed by atoms with Crippen LogP contribution in [0.2, 0.25) is 0 Å². The van der Waals surface area contributed by atoms with Gasteiger partial charge in [-0.3, -0.25) is 0 Å². The molecule has 4 heteroatoms. The fourth-order valence-electron chi connectivity index (χ4n) is 4.47. The van der Waals surface area contributed by atoms with Crippen molar-refractivity contribution in [2.24, 2.45) is 0 Å². The monoisotopic (exact) mass is 449 g/mol. The molecule has 140 valence electrons. The maximum atomic E-state index is 4.94. The fourth-order valence-corrected chi connectivity index (χ4v) is 6.69. The number of nitrogens with zero attached hydrogens (tertiary/aromatic N) is 3. The summed E-state index contributed by atoms with van der Waals surface area (Å²) in [7, 11) is 0. The second kappa shape index (κ2) is 6.02. The Labute approximate surface area is 178 Å². The Balaban J connectivity index is 1.55. The van der Waals surface area contributed by atoms with E-state index in [0.717, 1.165) is 20.9 Å². The van der Waals surface area contributed by atoms with Gasteiger partial charge in [0.25, 0.3) is 0 Å². The standard InChI is InChI=1S/C26H15N3Se/c1-5-11-22-17(7-1)18-8-2-6-12-23(18)29(22)16-13-14-19-24(15-16)30-26-25(19)27-20-9-3-4-10-21(20)28-26/h1-15H. The molecule has 0 amide bonds. The van der Waals surface area contributed by atoms with Crippen molar-refractivity contribution in [3.63, 3.8) is 0 Å². The molecule has 30 heavy (non-hydrogen) atoms. The van der Waals surface area contributed by atoms with E-state index in [2.05, 4.69) is 71.3 Å². The van der Waals surface area contributed by atoms with Crippen LogP contribution in [0.4, 0.5) is 0 Å². The zero-order chi connectivity index (χ0) is 19.7. The number of para-hydroxylation sites is 4. The molecule has 4 aromatic carbocycles. The first-order valence-electron chi connectivity index (χ1n) is 9.94. The molecule has 0 aliphatic rings. The van der Waals surface area contributed by atoms with Crippen LogP contribution in [0.3, 0.4) is 0 Å². The summed E-state index contributed by atoms with van der Waals surface area (Å²) in [5, 5.41) is 3.81. The van der Waals surface area contributed by atoms with Crippen molar-refractivity contribution >= 4 is 66.9 Å². The van der Waals surface area contributed by atoms with Crippen LogP contribution in [0, 0.1) is 0 Å². The van der Waals surface area contributed by atoms with Crippen LogP contribution < -0.4 is 0 Å². The zero-order valence-corrected chi connectivity index (χ0v) is 17.6. The predicted octanol–water partition coefficient (Wildman–Crippen LogP) is 6.09. The van der Waals surface area contributed by atoms with Crippen molar-refractivity contribution in [1.29, 1.82) is 0 Å². The Morgan fingerprint density at radius 2 is 1.23 bits per heavy atom. The van der Waals surface area contributed by atoms with E-state index < -0.39 is 0 Å². The van der Waals surface area contributed by atoms with Crippen molar-refractivity contribution in [2.45, 2.75) is 0 Å². The summed E-state index contributed by atoms with van der Waals surface area (Å²) < 4.78 is 4.87. The third-order valence-corrected chi connectivity index (χ3v) is 7.98. The summed E-state index contributed by atoms with van der Waals surface area (Å²) in [5.41, 5.74) is 6.68. The molecule has 3 heterocycles. The van der Waals surface area contributed by atoms with E-state index in [1.54, 1.807) is 0 Å². The predicted molar refractivity (Wildman–Crippen MR) is 126 cm³/mol. The Morgan fingerprint density at radius 3 is 1.97 bits per heavy atom. The molecule has 0 radical (unpaired) electrons. The van der Waals surface area contributed by atoms with Gasteiger partial charge < -0.3 is 0 Å². The molecule has 0 N–H and O–H groups in total. The van der Waals surface area contributed by atoms with Gasteiger partial charge in [-0.25, -0.2) is 0 Å². The van der Waals surface area contributed by atoms with Crippen LogP contribution >= 0.6 is 0 Å². The maximum absolute atomic E-state index is 4.94. The van der Waals surface area contributed by atoms with E-state index in [-0.39, 0.29) is 14.5 Å². The molecule has 0 saturated heterocycles. The van der Waals surface area contributed by atoms with Gasteiger partial charge in [0, 0.05) is 0 Å². The van der Waals surface area contributed by atoms with Gasteiger partial charge in [-0.1, -0.05) is 0 Å². The van der Waals surface area contributed by atoms with Crippen LogP contribution in [-0.2, 0) is 0 Å². The van der Waals surface area contributed by atoms with Crippen molar-refractivity contribution in [3.05, 3.63) is 91.0 Å². The third-order valence-electron chi connectivity index (χ3n) is 5.80. The van der Waals surface area contributed by atoms with Crippen LogP contribution in [-0.4, -0.2) is 29.0 Å². The molecule has 0 fully saturated rings. The van der Waals surface area contributed by atoms with E-state index in [4.69, 9.17) is 9.97 Å². The number of hydrogen-bond donors (Lipinski definition) is 0. The molecule has 0 spiro atoms. The van der Waals surface area contributed by atoms with E-state index in [9.17, 15) is 0 Å². The van der Waals surface area contributed by atoms with E-state index in [1.165, 1.54) is 37.1 Å². The fraction of sp³-hybridized carbons (Fsp3) is 0.